The molecule has 0 aliphatic carbocycles. The highest BCUT2D eigenvalue weighted by Gasteiger charge is 2.14. The number of phenols is 1. The van der Waals surface area contributed by atoms with E-state index in [0.717, 1.165) is 10.7 Å². The van der Waals surface area contributed by atoms with Gasteiger partial charge in [0.1, 0.15) is 10.8 Å². The van der Waals surface area contributed by atoms with Crippen molar-refractivity contribution in [3.63, 3.8) is 0 Å². The maximum Gasteiger partial charge on any atom is 0.261 e. The summed E-state index contributed by atoms with van der Waals surface area (Å²) in [6, 6.07) is 4.73. The highest BCUT2D eigenvalue weighted by Crippen LogP contribution is 2.30. The topological polar surface area (TPSA) is 72.0 Å². The second kappa shape index (κ2) is 5.22. The smallest absolute Gasteiger partial charge is 0.261 e. The van der Waals surface area contributed by atoms with E-state index in [2.05, 4.69) is 15.1 Å². The Kier molecular flexibility index (Phi) is 3.42. The standard InChI is InChI=1S/C13H10ClN3O2S/c1-7-6-20-12(15-7)5-11-16-13(19-17-11)9-3-2-8(14)4-10(9)18/h2-4,6,18H,5H2,1H3. The lowest BCUT2D eigenvalue weighted by Crippen LogP contribution is -1.90. The van der Waals surface area contributed by atoms with Crippen LogP contribution in [0.4, 0.5) is 0 Å². The van der Waals surface area contributed by atoms with E-state index in [1.54, 1.807) is 23.5 Å². The zero-order valence-corrected chi connectivity index (χ0v) is 12.1. The Morgan fingerprint density at radius 2 is 2.20 bits per heavy atom. The molecule has 2 aromatic heterocycles. The molecule has 1 aromatic carbocycles. The highest BCUT2D eigenvalue weighted by atomic mass is 35.5. The van der Waals surface area contributed by atoms with Gasteiger partial charge < -0.3 is 9.63 Å². The summed E-state index contributed by atoms with van der Waals surface area (Å²) in [6.07, 6.45) is 0.510. The van der Waals surface area contributed by atoms with Gasteiger partial charge in [0, 0.05) is 16.1 Å². The van der Waals surface area contributed by atoms with Crippen molar-refractivity contribution in [1.82, 2.24) is 15.1 Å². The van der Waals surface area contributed by atoms with Crippen LogP contribution in [0.3, 0.4) is 0 Å². The van der Waals surface area contributed by atoms with Crippen molar-refractivity contribution in [3.05, 3.63) is 45.1 Å². The van der Waals surface area contributed by atoms with Crippen LogP contribution in [-0.4, -0.2) is 20.2 Å². The highest BCUT2D eigenvalue weighted by molar-refractivity contribution is 7.09. The van der Waals surface area contributed by atoms with E-state index in [1.165, 1.54) is 6.07 Å². The molecule has 0 fully saturated rings. The summed E-state index contributed by atoms with van der Waals surface area (Å²) < 4.78 is 5.16. The third-order valence-corrected chi connectivity index (χ3v) is 3.84. The first-order chi connectivity index (χ1) is 9.61. The number of halogens is 1. The Labute approximate surface area is 123 Å². The Morgan fingerprint density at radius 1 is 1.35 bits per heavy atom. The number of phenolic OH excluding ortho intramolecular Hbond substituents is 1. The predicted octanol–water partition coefficient (Wildman–Crippen LogP) is 3.45. The van der Waals surface area contributed by atoms with Gasteiger partial charge in [-0.1, -0.05) is 16.8 Å². The van der Waals surface area contributed by atoms with E-state index in [1.807, 2.05) is 12.3 Å². The normalized spacial score (nSPS) is 10.9. The van der Waals surface area contributed by atoms with Crippen molar-refractivity contribution >= 4 is 22.9 Å². The molecule has 3 aromatic rings. The summed E-state index contributed by atoms with van der Waals surface area (Å²) in [5.41, 5.74) is 1.44. The number of hydrogen-bond donors (Lipinski definition) is 1. The summed E-state index contributed by atoms with van der Waals surface area (Å²) in [6.45, 7) is 1.94. The van der Waals surface area contributed by atoms with E-state index < -0.39 is 0 Å². The zero-order valence-electron chi connectivity index (χ0n) is 10.5. The molecule has 2 heterocycles. The van der Waals surface area contributed by atoms with E-state index in [-0.39, 0.29) is 11.6 Å². The number of hydrogen-bond acceptors (Lipinski definition) is 6. The van der Waals surface area contributed by atoms with Crippen LogP contribution in [0.15, 0.2) is 28.1 Å². The minimum atomic E-state index is 0.0118. The van der Waals surface area contributed by atoms with Crippen LogP contribution >= 0.6 is 22.9 Å². The van der Waals surface area contributed by atoms with Crippen molar-refractivity contribution in [2.45, 2.75) is 13.3 Å². The van der Waals surface area contributed by atoms with Gasteiger partial charge in [0.25, 0.3) is 5.89 Å². The quantitative estimate of drug-likeness (QED) is 0.802. The van der Waals surface area contributed by atoms with Gasteiger partial charge in [-0.3, -0.25) is 0 Å². The molecule has 5 nitrogen and oxygen atoms in total. The van der Waals surface area contributed by atoms with Gasteiger partial charge in [-0.25, -0.2) is 4.98 Å². The van der Waals surface area contributed by atoms with Crippen LogP contribution in [0.1, 0.15) is 16.5 Å². The molecule has 0 bridgehead atoms. The average molecular weight is 308 g/mol. The Morgan fingerprint density at radius 3 is 2.90 bits per heavy atom. The second-order valence-electron chi connectivity index (χ2n) is 4.24. The van der Waals surface area contributed by atoms with Crippen LogP contribution in [0.5, 0.6) is 5.75 Å². The van der Waals surface area contributed by atoms with Crippen LogP contribution in [0.2, 0.25) is 5.02 Å². The molecule has 3 rings (SSSR count). The average Bonchev–Trinajstić information content (AvgIpc) is 2.99. The largest absolute Gasteiger partial charge is 0.507 e. The minimum absolute atomic E-state index is 0.0118. The van der Waals surface area contributed by atoms with Crippen molar-refractivity contribution < 1.29 is 9.63 Å². The lowest BCUT2D eigenvalue weighted by molar-refractivity contribution is 0.418. The first kappa shape index (κ1) is 13.1. The lowest BCUT2D eigenvalue weighted by atomic mass is 10.2. The summed E-state index contributed by atoms with van der Waals surface area (Å²) >= 11 is 7.34. The molecule has 102 valence electrons. The van der Waals surface area contributed by atoms with Crippen LogP contribution < -0.4 is 0 Å². The molecule has 7 heteroatoms. The molecule has 0 saturated heterocycles. The van der Waals surface area contributed by atoms with Crippen LogP contribution in [0, 0.1) is 6.92 Å². The Balaban J connectivity index is 1.86. The van der Waals surface area contributed by atoms with Gasteiger partial charge in [0.2, 0.25) is 0 Å². The van der Waals surface area contributed by atoms with E-state index in [4.69, 9.17) is 16.1 Å². The van der Waals surface area contributed by atoms with E-state index >= 15 is 0 Å². The molecule has 0 spiro atoms. The fourth-order valence-electron chi connectivity index (χ4n) is 1.74. The molecule has 20 heavy (non-hydrogen) atoms. The predicted molar refractivity (Wildman–Crippen MR) is 76.1 cm³/mol. The maximum absolute atomic E-state index is 9.82. The zero-order chi connectivity index (χ0) is 14.1. The van der Waals surface area contributed by atoms with Crippen molar-refractivity contribution in [2.24, 2.45) is 0 Å². The van der Waals surface area contributed by atoms with Crippen molar-refractivity contribution in [1.29, 1.82) is 0 Å². The fourth-order valence-corrected chi connectivity index (χ4v) is 2.67. The van der Waals surface area contributed by atoms with Gasteiger partial charge in [-0.05, 0) is 25.1 Å². The maximum atomic E-state index is 9.82. The molecule has 1 N–H and O–H groups in total. The second-order valence-corrected chi connectivity index (χ2v) is 5.62. The summed E-state index contributed by atoms with van der Waals surface area (Å²) in [5.74, 6) is 0.809. The summed E-state index contributed by atoms with van der Waals surface area (Å²) in [5, 5.41) is 17.1. The SMILES string of the molecule is Cc1csc(Cc2noc(-c3ccc(Cl)cc3O)n2)n1. The molecule has 0 unspecified atom stereocenters. The van der Waals surface area contributed by atoms with E-state index in [0.29, 0.717) is 22.8 Å². The lowest BCUT2D eigenvalue weighted by Gasteiger charge is -1.98. The number of thiazole rings is 1. The molecule has 0 radical (unpaired) electrons. The van der Waals surface area contributed by atoms with Crippen molar-refractivity contribution in [3.8, 4) is 17.2 Å². The summed E-state index contributed by atoms with van der Waals surface area (Å²) in [4.78, 5) is 8.61. The van der Waals surface area contributed by atoms with E-state index in [9.17, 15) is 5.11 Å². The number of benzene rings is 1. The van der Waals surface area contributed by atoms with Gasteiger partial charge >= 0.3 is 0 Å². The number of nitrogens with zero attached hydrogens (tertiary/aromatic N) is 3. The number of aromatic nitrogens is 3. The van der Waals surface area contributed by atoms with Gasteiger partial charge in [-0.2, -0.15) is 4.98 Å². The molecule has 0 amide bonds. The molecular formula is C13H10ClN3O2S. The summed E-state index contributed by atoms with van der Waals surface area (Å²) in [7, 11) is 0. The number of aryl methyl sites for hydroxylation is 1. The Bertz CT molecular complexity index is 754. The first-order valence-electron chi connectivity index (χ1n) is 5.84. The molecule has 0 saturated carbocycles. The van der Waals surface area contributed by atoms with Gasteiger partial charge in [0.15, 0.2) is 5.82 Å². The Hall–Kier alpha value is -1.92. The number of rotatable bonds is 3. The first-order valence-corrected chi connectivity index (χ1v) is 7.10. The monoisotopic (exact) mass is 307 g/mol. The van der Waals surface area contributed by atoms with Crippen LogP contribution in [0.25, 0.3) is 11.5 Å². The third-order valence-electron chi connectivity index (χ3n) is 2.63. The molecule has 0 atom stereocenters. The van der Waals surface area contributed by atoms with Crippen molar-refractivity contribution in [2.75, 3.05) is 0 Å². The number of aromatic hydroxyl groups is 1. The molecule has 0 aliphatic rings. The minimum Gasteiger partial charge on any atom is -0.507 e. The third kappa shape index (κ3) is 2.66. The molecule has 0 aliphatic heterocycles. The fraction of sp³-hybridized carbons (Fsp3) is 0.154. The van der Waals surface area contributed by atoms with Crippen LogP contribution in [-0.2, 0) is 6.42 Å². The van der Waals surface area contributed by atoms with Gasteiger partial charge in [0.05, 0.1) is 12.0 Å². The van der Waals surface area contributed by atoms with Gasteiger partial charge in [-0.15, -0.1) is 11.3 Å². The molecular weight excluding hydrogens is 298 g/mol.